The number of alkyl halides is 3. The molecular formula is C19H22F3N7. The van der Waals surface area contributed by atoms with E-state index >= 15 is 0 Å². The first-order valence-electron chi connectivity index (χ1n) is 9.59. The first-order valence-corrected chi connectivity index (χ1v) is 9.59. The summed E-state index contributed by atoms with van der Waals surface area (Å²) in [6.07, 6.45) is 1.22. The molecule has 0 saturated carbocycles. The summed E-state index contributed by atoms with van der Waals surface area (Å²) in [5.41, 5.74) is 3.83. The lowest BCUT2D eigenvalue weighted by atomic mass is 9.83. The number of nitrogens with zero attached hydrogens (tertiary/aromatic N) is 5. The predicted octanol–water partition coefficient (Wildman–Crippen LogP) is 4.24. The summed E-state index contributed by atoms with van der Waals surface area (Å²) in [7, 11) is 0. The van der Waals surface area contributed by atoms with E-state index in [0.29, 0.717) is 22.6 Å². The maximum atomic E-state index is 13.2. The van der Waals surface area contributed by atoms with Gasteiger partial charge >= 0.3 is 6.18 Å². The Morgan fingerprint density at radius 1 is 1.00 bits per heavy atom. The van der Waals surface area contributed by atoms with Crippen LogP contribution in [-0.2, 0) is 24.4 Å². The fraction of sp³-hybridized carbons (Fsp3) is 0.526. The number of aromatic amines is 2. The number of pyridine rings is 1. The normalized spacial score (nSPS) is 15.2. The van der Waals surface area contributed by atoms with Gasteiger partial charge in [0.15, 0.2) is 5.82 Å². The number of tetrazole rings is 1. The molecule has 0 bridgehead atoms. The van der Waals surface area contributed by atoms with Crippen molar-refractivity contribution in [3.05, 3.63) is 29.0 Å². The van der Waals surface area contributed by atoms with E-state index in [2.05, 4.69) is 30.6 Å². The molecule has 1 aliphatic rings. The number of imidazole rings is 1. The van der Waals surface area contributed by atoms with Gasteiger partial charge in [-0.15, -0.1) is 5.10 Å². The van der Waals surface area contributed by atoms with Gasteiger partial charge in [0.2, 0.25) is 5.82 Å². The molecule has 1 aliphatic carbocycles. The van der Waals surface area contributed by atoms with Gasteiger partial charge in [0.25, 0.3) is 0 Å². The molecule has 0 amide bonds. The van der Waals surface area contributed by atoms with Crippen molar-refractivity contribution in [2.75, 3.05) is 0 Å². The van der Waals surface area contributed by atoms with E-state index in [-0.39, 0.29) is 5.41 Å². The Labute approximate surface area is 165 Å². The number of fused-ring (bicyclic) bond motifs is 1. The molecule has 154 valence electrons. The second-order valence-electron chi connectivity index (χ2n) is 8.34. The summed E-state index contributed by atoms with van der Waals surface area (Å²) in [5.74, 6) is -0.640. The van der Waals surface area contributed by atoms with E-state index in [1.54, 1.807) is 0 Å². The second kappa shape index (κ2) is 6.93. The summed E-state index contributed by atoms with van der Waals surface area (Å²) in [6, 6.07) is 0. The topological polar surface area (TPSA) is 96.0 Å². The number of aromatic nitrogens is 7. The SMILES string of the molecule is CC(C)(C)c1nc2c(c(-c3cnc(C(F)(F)F)[nH]3)c1-c1nnn[nH]1)CCCCC2. The number of aryl methyl sites for hydroxylation is 1. The van der Waals surface area contributed by atoms with Crippen molar-refractivity contribution in [3.63, 3.8) is 0 Å². The first kappa shape index (κ1) is 19.5. The van der Waals surface area contributed by atoms with Crippen LogP contribution in [0.2, 0.25) is 0 Å². The molecule has 0 spiro atoms. The molecule has 0 radical (unpaired) electrons. The van der Waals surface area contributed by atoms with Crippen molar-refractivity contribution >= 4 is 0 Å². The lowest BCUT2D eigenvalue weighted by molar-refractivity contribution is -0.144. The molecule has 3 aromatic heterocycles. The highest BCUT2D eigenvalue weighted by Gasteiger charge is 2.36. The maximum absolute atomic E-state index is 13.2. The average molecular weight is 405 g/mol. The van der Waals surface area contributed by atoms with Gasteiger partial charge in [-0.2, -0.15) is 13.2 Å². The summed E-state index contributed by atoms with van der Waals surface area (Å²) >= 11 is 0. The Balaban J connectivity index is 2.07. The van der Waals surface area contributed by atoms with E-state index in [1.165, 1.54) is 6.20 Å². The van der Waals surface area contributed by atoms with Crippen LogP contribution in [0.4, 0.5) is 13.2 Å². The zero-order valence-electron chi connectivity index (χ0n) is 16.5. The van der Waals surface area contributed by atoms with Crippen LogP contribution in [0.15, 0.2) is 6.20 Å². The largest absolute Gasteiger partial charge is 0.449 e. The smallest absolute Gasteiger partial charge is 0.334 e. The molecule has 0 aromatic carbocycles. The van der Waals surface area contributed by atoms with Crippen LogP contribution in [0.5, 0.6) is 0 Å². The Morgan fingerprint density at radius 2 is 1.76 bits per heavy atom. The number of hydrogen-bond acceptors (Lipinski definition) is 5. The molecule has 0 aliphatic heterocycles. The summed E-state index contributed by atoms with van der Waals surface area (Å²) < 4.78 is 39.7. The van der Waals surface area contributed by atoms with E-state index in [1.807, 2.05) is 20.8 Å². The number of H-pyrrole nitrogens is 2. The van der Waals surface area contributed by atoms with Crippen molar-refractivity contribution in [1.29, 1.82) is 0 Å². The molecule has 29 heavy (non-hydrogen) atoms. The number of hydrogen-bond donors (Lipinski definition) is 2. The minimum Gasteiger partial charge on any atom is -0.334 e. The Kier molecular flexibility index (Phi) is 4.66. The zero-order valence-corrected chi connectivity index (χ0v) is 16.5. The summed E-state index contributed by atoms with van der Waals surface area (Å²) in [6.45, 7) is 6.05. The maximum Gasteiger partial charge on any atom is 0.449 e. The Morgan fingerprint density at radius 3 is 2.38 bits per heavy atom. The number of halogens is 3. The van der Waals surface area contributed by atoms with Gasteiger partial charge in [0.1, 0.15) is 0 Å². The highest BCUT2D eigenvalue weighted by Crippen LogP contribution is 2.42. The minimum atomic E-state index is -4.55. The van der Waals surface area contributed by atoms with E-state index < -0.39 is 12.0 Å². The lowest BCUT2D eigenvalue weighted by Gasteiger charge is -2.26. The van der Waals surface area contributed by atoms with Crippen molar-refractivity contribution in [3.8, 4) is 22.6 Å². The van der Waals surface area contributed by atoms with E-state index in [9.17, 15) is 13.2 Å². The van der Waals surface area contributed by atoms with Crippen molar-refractivity contribution in [2.45, 2.75) is 64.5 Å². The molecule has 4 rings (SSSR count). The lowest BCUT2D eigenvalue weighted by Crippen LogP contribution is -2.19. The van der Waals surface area contributed by atoms with Gasteiger partial charge in [-0.05, 0) is 41.7 Å². The standard InChI is InChI=1S/C19H22F3N7/c1-18(2,3)15-14(16-26-28-29-27-16)13(10-7-5-4-6-8-11(10)24-15)12-9-23-17(25-12)19(20,21)22/h9H,4-8H2,1-3H3,(H,23,25)(H,26,27,28,29). The third kappa shape index (κ3) is 3.63. The molecule has 0 fully saturated rings. The molecule has 2 N–H and O–H groups in total. The number of nitrogens with one attached hydrogen (secondary N) is 2. The van der Waals surface area contributed by atoms with Crippen molar-refractivity contribution < 1.29 is 13.2 Å². The molecule has 0 atom stereocenters. The van der Waals surface area contributed by atoms with Crippen molar-refractivity contribution in [1.82, 2.24) is 35.6 Å². The summed E-state index contributed by atoms with van der Waals surface area (Å²) in [5, 5.41) is 14.2. The van der Waals surface area contributed by atoms with Crippen molar-refractivity contribution in [2.24, 2.45) is 0 Å². The van der Waals surface area contributed by atoms with Gasteiger partial charge in [-0.1, -0.05) is 27.2 Å². The van der Waals surface area contributed by atoms with Crippen LogP contribution in [0.25, 0.3) is 22.6 Å². The number of rotatable bonds is 2. The molecule has 7 nitrogen and oxygen atoms in total. The molecule has 0 unspecified atom stereocenters. The fourth-order valence-electron chi connectivity index (χ4n) is 3.85. The molecule has 3 heterocycles. The molecule has 3 aromatic rings. The summed E-state index contributed by atoms with van der Waals surface area (Å²) in [4.78, 5) is 11.0. The van der Waals surface area contributed by atoms with Crippen LogP contribution in [0.1, 0.15) is 62.8 Å². The van der Waals surface area contributed by atoms with Gasteiger partial charge in [-0.25, -0.2) is 10.1 Å². The third-order valence-electron chi connectivity index (χ3n) is 5.13. The molecular weight excluding hydrogens is 383 g/mol. The highest BCUT2D eigenvalue weighted by molar-refractivity contribution is 5.84. The Hall–Kier alpha value is -2.78. The van der Waals surface area contributed by atoms with Gasteiger partial charge < -0.3 is 4.98 Å². The van der Waals surface area contributed by atoms with E-state index in [4.69, 9.17) is 4.98 Å². The molecule has 0 saturated heterocycles. The van der Waals surface area contributed by atoms with Gasteiger partial charge in [0, 0.05) is 16.7 Å². The van der Waals surface area contributed by atoms with E-state index in [0.717, 1.165) is 49.1 Å². The van der Waals surface area contributed by atoms with Crippen LogP contribution in [-0.4, -0.2) is 35.6 Å². The highest BCUT2D eigenvalue weighted by atomic mass is 19.4. The Bertz CT molecular complexity index is 1010. The quantitative estimate of drug-likeness (QED) is 0.622. The van der Waals surface area contributed by atoms with Gasteiger partial charge in [-0.3, -0.25) is 4.98 Å². The monoisotopic (exact) mass is 405 g/mol. The van der Waals surface area contributed by atoms with Crippen LogP contribution in [0.3, 0.4) is 0 Å². The van der Waals surface area contributed by atoms with Crippen LogP contribution < -0.4 is 0 Å². The van der Waals surface area contributed by atoms with Crippen LogP contribution in [0, 0.1) is 0 Å². The van der Waals surface area contributed by atoms with Crippen LogP contribution >= 0.6 is 0 Å². The minimum absolute atomic E-state index is 0.301. The zero-order chi connectivity index (χ0) is 20.8. The average Bonchev–Trinajstić information content (AvgIpc) is 3.27. The molecule has 10 heteroatoms. The first-order chi connectivity index (χ1) is 13.7. The third-order valence-corrected chi connectivity index (χ3v) is 5.13. The second-order valence-corrected chi connectivity index (χ2v) is 8.34. The fourth-order valence-corrected chi connectivity index (χ4v) is 3.85. The van der Waals surface area contributed by atoms with Gasteiger partial charge in [0.05, 0.1) is 23.1 Å². The predicted molar refractivity (Wildman–Crippen MR) is 100.0 cm³/mol.